The fourth-order valence-corrected chi connectivity index (χ4v) is 2.69. The maximum absolute atomic E-state index is 12.2. The fourth-order valence-electron chi connectivity index (χ4n) is 1.54. The van der Waals surface area contributed by atoms with Crippen molar-refractivity contribution < 1.29 is 13.3 Å². The summed E-state index contributed by atoms with van der Waals surface area (Å²) < 4.78 is 26.5. The van der Waals surface area contributed by atoms with Crippen LogP contribution in [0.4, 0.5) is 11.5 Å². The highest BCUT2D eigenvalue weighted by Gasteiger charge is 2.20. The molecule has 1 heterocycles. The number of benzene rings is 1. The molecule has 0 unspecified atom stereocenters. The molecule has 8 nitrogen and oxygen atoms in total. The van der Waals surface area contributed by atoms with Gasteiger partial charge in [-0.2, -0.15) is 0 Å². The molecule has 21 heavy (non-hydrogen) atoms. The first-order valence-corrected chi connectivity index (χ1v) is 7.41. The van der Waals surface area contributed by atoms with Crippen molar-refractivity contribution in [3.63, 3.8) is 0 Å². The lowest BCUT2D eigenvalue weighted by Crippen LogP contribution is -2.14. The number of sulfonamides is 1. The van der Waals surface area contributed by atoms with Gasteiger partial charge < -0.3 is 0 Å². The second kappa shape index (κ2) is 5.62. The van der Waals surface area contributed by atoms with Crippen molar-refractivity contribution in [3.05, 3.63) is 51.4 Å². The van der Waals surface area contributed by atoms with Gasteiger partial charge in [-0.05, 0) is 13.0 Å². The van der Waals surface area contributed by atoms with Gasteiger partial charge in [-0.3, -0.25) is 19.8 Å². The first kappa shape index (κ1) is 15.1. The van der Waals surface area contributed by atoms with Gasteiger partial charge in [-0.15, -0.1) is 0 Å². The number of nitro benzene ring substituents is 1. The molecule has 2 aromatic rings. The van der Waals surface area contributed by atoms with Crippen LogP contribution in [0.5, 0.6) is 0 Å². The molecule has 2 rings (SSSR count). The molecule has 0 aliphatic rings. The van der Waals surface area contributed by atoms with Gasteiger partial charge in [0.05, 0.1) is 22.2 Å². The highest BCUT2D eigenvalue weighted by molar-refractivity contribution is 7.92. The van der Waals surface area contributed by atoms with Gasteiger partial charge in [0.15, 0.2) is 5.82 Å². The van der Waals surface area contributed by atoms with E-state index in [1.807, 2.05) is 0 Å². The molecule has 0 fully saturated rings. The molecule has 0 radical (unpaired) electrons. The lowest BCUT2D eigenvalue weighted by Gasteiger charge is -2.07. The Balaban J connectivity index is 2.40. The Morgan fingerprint density at radius 2 is 2.05 bits per heavy atom. The summed E-state index contributed by atoms with van der Waals surface area (Å²) in [5, 5.41) is 10.9. The molecule has 1 aromatic heterocycles. The van der Waals surface area contributed by atoms with Crippen molar-refractivity contribution in [1.29, 1.82) is 0 Å². The Bertz CT molecular complexity index is 810. The molecule has 0 bridgehead atoms. The first-order valence-electron chi connectivity index (χ1n) is 5.55. The van der Waals surface area contributed by atoms with Crippen molar-refractivity contribution >= 4 is 33.1 Å². The highest BCUT2D eigenvalue weighted by Crippen LogP contribution is 2.23. The third kappa shape index (κ3) is 3.44. The van der Waals surface area contributed by atoms with Crippen molar-refractivity contribution in [2.45, 2.75) is 11.8 Å². The predicted octanol–water partition coefficient (Wildman–Crippen LogP) is 2.15. The smallest absolute Gasteiger partial charge is 0.262 e. The highest BCUT2D eigenvalue weighted by atomic mass is 35.5. The number of anilines is 1. The van der Waals surface area contributed by atoms with Crippen LogP contribution in [0.15, 0.2) is 35.5 Å². The number of nitro groups is 1. The van der Waals surface area contributed by atoms with E-state index in [2.05, 4.69) is 14.7 Å². The van der Waals surface area contributed by atoms with Gasteiger partial charge in [0.2, 0.25) is 0 Å². The van der Waals surface area contributed by atoms with E-state index in [-0.39, 0.29) is 21.6 Å². The second-order valence-corrected chi connectivity index (χ2v) is 6.11. The van der Waals surface area contributed by atoms with Crippen molar-refractivity contribution in [2.24, 2.45) is 0 Å². The molecule has 0 saturated carbocycles. The number of aromatic nitrogens is 2. The Hall–Kier alpha value is -2.26. The van der Waals surface area contributed by atoms with Crippen LogP contribution in [0.3, 0.4) is 0 Å². The Morgan fingerprint density at radius 1 is 1.33 bits per heavy atom. The van der Waals surface area contributed by atoms with E-state index in [4.69, 9.17) is 11.6 Å². The van der Waals surface area contributed by atoms with Crippen molar-refractivity contribution in [2.75, 3.05) is 4.72 Å². The summed E-state index contributed by atoms with van der Waals surface area (Å²) in [4.78, 5) is 17.4. The van der Waals surface area contributed by atoms with Crippen LogP contribution in [0.25, 0.3) is 0 Å². The van der Waals surface area contributed by atoms with E-state index < -0.39 is 14.9 Å². The van der Waals surface area contributed by atoms with E-state index in [9.17, 15) is 18.5 Å². The fraction of sp³-hybridized carbons (Fsp3) is 0.0909. The third-order valence-corrected chi connectivity index (χ3v) is 4.07. The molecule has 0 spiro atoms. The van der Waals surface area contributed by atoms with Crippen LogP contribution >= 0.6 is 11.6 Å². The summed E-state index contributed by atoms with van der Waals surface area (Å²) in [6, 6.07) is 3.61. The van der Waals surface area contributed by atoms with Crippen LogP contribution in [0, 0.1) is 17.0 Å². The van der Waals surface area contributed by atoms with Crippen LogP contribution < -0.4 is 4.72 Å². The number of hydrogen-bond acceptors (Lipinski definition) is 6. The molecule has 0 amide bonds. The van der Waals surface area contributed by atoms with E-state index in [0.717, 1.165) is 6.07 Å². The Morgan fingerprint density at radius 3 is 2.67 bits per heavy atom. The number of hydrogen-bond donors (Lipinski definition) is 1. The monoisotopic (exact) mass is 328 g/mol. The molecular weight excluding hydrogens is 320 g/mol. The van der Waals surface area contributed by atoms with Crippen LogP contribution in [0.2, 0.25) is 5.15 Å². The summed E-state index contributed by atoms with van der Waals surface area (Å²) in [6.07, 6.45) is 2.42. The number of halogens is 1. The summed E-state index contributed by atoms with van der Waals surface area (Å²) in [6.45, 7) is 1.52. The second-order valence-electron chi connectivity index (χ2n) is 4.04. The maximum Gasteiger partial charge on any atom is 0.273 e. The quantitative estimate of drug-likeness (QED) is 0.679. The zero-order valence-electron chi connectivity index (χ0n) is 10.6. The lowest BCUT2D eigenvalue weighted by molar-refractivity contribution is -0.385. The third-order valence-electron chi connectivity index (χ3n) is 2.53. The molecule has 0 atom stereocenters. The predicted molar refractivity (Wildman–Crippen MR) is 75.7 cm³/mol. The largest absolute Gasteiger partial charge is 0.273 e. The van der Waals surface area contributed by atoms with E-state index in [0.29, 0.717) is 5.56 Å². The number of nitrogens with one attached hydrogen (secondary N) is 1. The maximum atomic E-state index is 12.2. The van der Waals surface area contributed by atoms with Crippen molar-refractivity contribution in [3.8, 4) is 0 Å². The number of aryl methyl sites for hydroxylation is 1. The van der Waals surface area contributed by atoms with E-state index in [1.54, 1.807) is 0 Å². The molecule has 10 heteroatoms. The van der Waals surface area contributed by atoms with Crippen LogP contribution in [-0.2, 0) is 10.0 Å². The molecule has 1 aromatic carbocycles. The average molecular weight is 329 g/mol. The van der Waals surface area contributed by atoms with Gasteiger partial charge in [-0.25, -0.2) is 13.4 Å². The summed E-state index contributed by atoms with van der Waals surface area (Å²) in [5.41, 5.74) is 0.0801. The standard InChI is InChI=1S/C11H9ClN4O4S/c1-7-2-3-8(4-9(7)16(17)18)21(19,20)15-11-6-13-5-10(12)14-11/h2-6H,1H3,(H,14,15). The zero-order chi connectivity index (χ0) is 15.6. The SMILES string of the molecule is Cc1ccc(S(=O)(=O)Nc2cncc(Cl)n2)cc1[N+](=O)[O-]. The summed E-state index contributed by atoms with van der Waals surface area (Å²) in [7, 11) is -4.02. The number of nitrogens with zero attached hydrogens (tertiary/aromatic N) is 3. The Labute approximate surface area is 125 Å². The molecule has 0 aliphatic carbocycles. The number of rotatable bonds is 4. The van der Waals surface area contributed by atoms with Crippen LogP contribution in [0.1, 0.15) is 5.56 Å². The molecule has 1 N–H and O–H groups in total. The minimum absolute atomic E-state index is 0.0186. The minimum Gasteiger partial charge on any atom is -0.262 e. The molecule has 110 valence electrons. The first-order chi connectivity index (χ1) is 9.79. The minimum atomic E-state index is -4.02. The van der Waals surface area contributed by atoms with E-state index in [1.165, 1.54) is 31.5 Å². The molecule has 0 saturated heterocycles. The van der Waals surface area contributed by atoms with E-state index >= 15 is 0 Å². The van der Waals surface area contributed by atoms with Gasteiger partial charge in [0, 0.05) is 11.6 Å². The summed E-state index contributed by atoms with van der Waals surface area (Å²) in [5.74, 6) is -0.0780. The average Bonchev–Trinajstić information content (AvgIpc) is 2.38. The van der Waals surface area contributed by atoms with Gasteiger partial charge in [0.25, 0.3) is 15.7 Å². The molecular formula is C11H9ClN4O4S. The van der Waals surface area contributed by atoms with Gasteiger partial charge in [0.1, 0.15) is 5.15 Å². The Kier molecular flexibility index (Phi) is 4.05. The van der Waals surface area contributed by atoms with Gasteiger partial charge in [-0.1, -0.05) is 17.7 Å². The van der Waals surface area contributed by atoms with Crippen LogP contribution in [-0.4, -0.2) is 23.3 Å². The van der Waals surface area contributed by atoms with Gasteiger partial charge >= 0.3 is 0 Å². The summed E-state index contributed by atoms with van der Waals surface area (Å²) >= 11 is 5.61. The zero-order valence-corrected chi connectivity index (χ0v) is 12.2. The lowest BCUT2D eigenvalue weighted by atomic mass is 10.2. The molecule has 0 aliphatic heterocycles. The topological polar surface area (TPSA) is 115 Å². The van der Waals surface area contributed by atoms with Crippen molar-refractivity contribution in [1.82, 2.24) is 9.97 Å². The normalized spacial score (nSPS) is 11.1.